The number of fused-ring (bicyclic) bond motifs is 3. The minimum absolute atomic E-state index is 0.120. The van der Waals surface area contributed by atoms with Gasteiger partial charge in [-0.25, -0.2) is 0 Å². The van der Waals surface area contributed by atoms with Crippen LogP contribution in [0, 0.1) is 11.3 Å². The number of rotatable bonds is 5. The monoisotopic (exact) mass is 361 g/mol. The molecule has 3 fully saturated rings. The number of hydrogen-bond donors (Lipinski definition) is 1. The van der Waals surface area contributed by atoms with E-state index in [1.165, 1.54) is 38.5 Å². The van der Waals surface area contributed by atoms with Crippen LogP contribution >= 0.6 is 0 Å². The first-order valence-corrected chi connectivity index (χ1v) is 10.5. The van der Waals surface area contributed by atoms with Crippen LogP contribution in [0.5, 0.6) is 0 Å². The van der Waals surface area contributed by atoms with E-state index in [4.69, 9.17) is 0 Å². The molecule has 0 radical (unpaired) electrons. The summed E-state index contributed by atoms with van der Waals surface area (Å²) < 4.78 is 0. The molecule has 5 rings (SSSR count). The molecular weight excluding hydrogens is 330 g/mol. The summed E-state index contributed by atoms with van der Waals surface area (Å²) in [6.45, 7) is 4.30. The van der Waals surface area contributed by atoms with Gasteiger partial charge in [-0.3, -0.25) is 4.79 Å². The van der Waals surface area contributed by atoms with E-state index in [1.54, 1.807) is 0 Å². The van der Waals surface area contributed by atoms with Crippen LogP contribution in [0.4, 0.5) is 0 Å². The second-order valence-electron chi connectivity index (χ2n) is 8.90. The number of benzene rings is 2. The van der Waals surface area contributed by atoms with E-state index in [9.17, 15) is 4.79 Å². The van der Waals surface area contributed by atoms with Crippen LogP contribution < -0.4 is 5.32 Å². The predicted octanol–water partition coefficient (Wildman–Crippen LogP) is 5.47. The largest absolute Gasteiger partial charge is 0.352 e. The van der Waals surface area contributed by atoms with Gasteiger partial charge in [-0.05, 0) is 74.8 Å². The Balaban J connectivity index is 1.63. The number of carbonyl (C=O) groups excluding carboxylic acids is 1. The zero-order valence-electron chi connectivity index (χ0n) is 16.6. The molecule has 1 N–H and O–H groups in total. The quantitative estimate of drug-likeness (QED) is 0.752. The first-order valence-electron chi connectivity index (χ1n) is 10.5. The highest BCUT2D eigenvalue weighted by Gasteiger charge is 2.46. The van der Waals surface area contributed by atoms with Gasteiger partial charge in [0.1, 0.15) is 0 Å². The van der Waals surface area contributed by atoms with E-state index >= 15 is 0 Å². The molecule has 3 saturated carbocycles. The Bertz CT molecular complexity index is 721. The third-order valence-electron chi connectivity index (χ3n) is 7.57. The molecule has 0 spiro atoms. The smallest absolute Gasteiger partial charge is 0.235 e. The second kappa shape index (κ2) is 7.14. The topological polar surface area (TPSA) is 29.1 Å². The van der Waals surface area contributed by atoms with Gasteiger partial charge in [-0.1, -0.05) is 60.7 Å². The molecule has 3 aliphatic rings. The minimum Gasteiger partial charge on any atom is -0.352 e. The molecule has 0 saturated heterocycles. The molecule has 27 heavy (non-hydrogen) atoms. The van der Waals surface area contributed by atoms with Crippen molar-refractivity contribution in [3.05, 3.63) is 71.8 Å². The van der Waals surface area contributed by atoms with Gasteiger partial charge >= 0.3 is 0 Å². The van der Waals surface area contributed by atoms with Gasteiger partial charge in [0.05, 0.1) is 5.41 Å². The maximum Gasteiger partial charge on any atom is 0.235 e. The van der Waals surface area contributed by atoms with Crippen LogP contribution in [0.25, 0.3) is 0 Å². The number of hydrogen-bond acceptors (Lipinski definition) is 1. The van der Waals surface area contributed by atoms with Gasteiger partial charge in [-0.15, -0.1) is 0 Å². The van der Waals surface area contributed by atoms with E-state index in [1.807, 2.05) is 36.4 Å². The number of carbonyl (C=O) groups is 1. The maximum atomic E-state index is 13.7. The Hall–Kier alpha value is -2.09. The van der Waals surface area contributed by atoms with Crippen molar-refractivity contribution in [3.63, 3.8) is 0 Å². The Morgan fingerprint density at radius 2 is 1.37 bits per heavy atom. The average Bonchev–Trinajstić information content (AvgIpc) is 2.75. The molecule has 0 aliphatic heterocycles. The number of nitrogens with one attached hydrogen (secondary N) is 1. The first-order chi connectivity index (χ1) is 13.0. The van der Waals surface area contributed by atoms with Gasteiger partial charge < -0.3 is 5.32 Å². The van der Waals surface area contributed by atoms with Crippen molar-refractivity contribution < 1.29 is 4.79 Å². The Morgan fingerprint density at radius 1 is 0.926 bits per heavy atom. The van der Waals surface area contributed by atoms with Crippen molar-refractivity contribution in [3.8, 4) is 0 Å². The summed E-state index contributed by atoms with van der Waals surface area (Å²) in [7, 11) is 0. The van der Waals surface area contributed by atoms with Gasteiger partial charge in [0, 0.05) is 6.04 Å². The van der Waals surface area contributed by atoms with Gasteiger partial charge in [0.15, 0.2) is 0 Å². The third-order valence-corrected chi connectivity index (χ3v) is 7.57. The zero-order chi connectivity index (χ0) is 18.9. The Kier molecular flexibility index (Phi) is 4.84. The molecule has 2 nitrogen and oxygen atoms in total. The Labute approximate surface area is 163 Å². The van der Waals surface area contributed by atoms with E-state index in [-0.39, 0.29) is 11.9 Å². The standard InChI is InChI=1S/C25H31NO/c1-19(25-16-13-20(14-17-25)15-18-25)26-23(27)24(2,21-9-5-3-6-10-21)22-11-7-4-8-12-22/h3-12,19-20H,13-18H2,1-2H3,(H,26,27)/t19-,20?,25?/m0/s1. The van der Waals surface area contributed by atoms with Crippen LogP contribution in [0.3, 0.4) is 0 Å². The summed E-state index contributed by atoms with van der Waals surface area (Å²) in [5.41, 5.74) is 1.72. The van der Waals surface area contributed by atoms with E-state index in [2.05, 4.69) is 43.4 Å². The highest BCUT2D eigenvalue weighted by Crippen LogP contribution is 2.52. The lowest BCUT2D eigenvalue weighted by atomic mass is 9.58. The van der Waals surface area contributed by atoms with Crippen molar-refractivity contribution in [1.29, 1.82) is 0 Å². The molecule has 142 valence electrons. The fourth-order valence-electron chi connectivity index (χ4n) is 5.40. The van der Waals surface area contributed by atoms with E-state index in [0.29, 0.717) is 5.41 Å². The average molecular weight is 362 g/mol. The summed E-state index contributed by atoms with van der Waals surface area (Å²) in [4.78, 5) is 13.7. The molecule has 2 heteroatoms. The summed E-state index contributed by atoms with van der Waals surface area (Å²) in [6.07, 6.45) is 7.84. The van der Waals surface area contributed by atoms with Crippen molar-refractivity contribution in [2.24, 2.45) is 11.3 Å². The summed E-state index contributed by atoms with van der Waals surface area (Å²) in [5, 5.41) is 3.46. The molecule has 2 bridgehead atoms. The molecule has 2 aromatic rings. The lowest BCUT2D eigenvalue weighted by Crippen LogP contribution is -2.54. The van der Waals surface area contributed by atoms with Crippen molar-refractivity contribution in [2.75, 3.05) is 0 Å². The van der Waals surface area contributed by atoms with Crippen molar-refractivity contribution in [1.82, 2.24) is 5.32 Å². The van der Waals surface area contributed by atoms with Crippen LogP contribution in [0.1, 0.15) is 63.5 Å². The molecule has 3 aliphatic carbocycles. The zero-order valence-corrected chi connectivity index (χ0v) is 16.6. The third kappa shape index (κ3) is 3.20. The van der Waals surface area contributed by atoms with Gasteiger partial charge in [-0.2, -0.15) is 0 Å². The highest BCUT2D eigenvalue weighted by atomic mass is 16.2. The molecule has 1 amide bonds. The van der Waals surface area contributed by atoms with Gasteiger partial charge in [0.25, 0.3) is 0 Å². The normalized spacial score (nSPS) is 25.8. The fourth-order valence-corrected chi connectivity index (χ4v) is 5.40. The van der Waals surface area contributed by atoms with Crippen LogP contribution in [0.2, 0.25) is 0 Å². The fraction of sp³-hybridized carbons (Fsp3) is 0.480. The molecule has 2 aromatic carbocycles. The van der Waals surface area contributed by atoms with Crippen molar-refractivity contribution in [2.45, 2.75) is 63.8 Å². The van der Waals surface area contributed by atoms with Crippen LogP contribution in [-0.2, 0) is 10.2 Å². The van der Waals surface area contributed by atoms with Crippen LogP contribution in [-0.4, -0.2) is 11.9 Å². The summed E-state index contributed by atoms with van der Waals surface area (Å²) in [6, 6.07) is 20.6. The molecular formula is C25H31NO. The number of amides is 1. The Morgan fingerprint density at radius 3 is 1.81 bits per heavy atom. The maximum absolute atomic E-state index is 13.7. The predicted molar refractivity (Wildman–Crippen MR) is 111 cm³/mol. The van der Waals surface area contributed by atoms with Crippen molar-refractivity contribution >= 4 is 5.91 Å². The summed E-state index contributed by atoms with van der Waals surface area (Å²) in [5.74, 6) is 1.06. The van der Waals surface area contributed by atoms with Gasteiger partial charge in [0.2, 0.25) is 5.91 Å². The lowest BCUT2D eigenvalue weighted by molar-refractivity contribution is -0.127. The molecule has 0 unspecified atom stereocenters. The summed E-state index contributed by atoms with van der Waals surface area (Å²) >= 11 is 0. The van der Waals surface area contributed by atoms with E-state index < -0.39 is 5.41 Å². The second-order valence-corrected chi connectivity index (χ2v) is 8.90. The lowest BCUT2D eigenvalue weighted by Gasteiger charge is -2.50. The molecule has 0 heterocycles. The highest BCUT2D eigenvalue weighted by molar-refractivity contribution is 5.91. The minimum atomic E-state index is -0.681. The molecule has 0 aromatic heterocycles. The molecule has 1 atom stereocenters. The first kappa shape index (κ1) is 18.3. The SMILES string of the molecule is C[C@H](NC(=O)C(C)(c1ccccc1)c1ccccc1)C12CCC(CC1)CC2. The van der Waals surface area contributed by atoms with E-state index in [0.717, 1.165) is 17.0 Å². The van der Waals surface area contributed by atoms with Crippen LogP contribution in [0.15, 0.2) is 60.7 Å².